The Morgan fingerprint density at radius 1 is 1.06 bits per heavy atom. The Labute approximate surface area is 220 Å². The van der Waals surface area contributed by atoms with E-state index in [2.05, 4.69) is 5.32 Å². The Morgan fingerprint density at radius 2 is 1.63 bits per heavy atom. The maximum absolute atomic E-state index is 13.7. The first kappa shape index (κ1) is 29.2. The van der Waals surface area contributed by atoms with Gasteiger partial charge in [0.25, 0.3) is 0 Å². The minimum Gasteiger partial charge on any atom is -0.350 e. The third-order valence-electron chi connectivity index (χ3n) is 4.93. The first-order valence-corrected chi connectivity index (χ1v) is 13.5. The molecule has 1 N–H and O–H groups in total. The first-order chi connectivity index (χ1) is 16.0. The van der Waals surface area contributed by atoms with E-state index >= 15 is 0 Å². The monoisotopic (exact) mass is 565 g/mol. The lowest BCUT2D eigenvalue weighted by Crippen LogP contribution is -2.54. The Bertz CT molecular complexity index is 1200. The molecule has 35 heavy (non-hydrogen) atoms. The maximum atomic E-state index is 13.7. The van der Waals surface area contributed by atoms with Gasteiger partial charge in [-0.1, -0.05) is 40.9 Å². The van der Waals surface area contributed by atoms with Gasteiger partial charge in [-0.3, -0.25) is 13.9 Å². The van der Waals surface area contributed by atoms with Crippen LogP contribution in [-0.4, -0.2) is 49.5 Å². The van der Waals surface area contributed by atoms with Crippen molar-refractivity contribution in [3.05, 3.63) is 62.8 Å². The summed E-state index contributed by atoms with van der Waals surface area (Å²) < 4.78 is 39.5. The van der Waals surface area contributed by atoms with Gasteiger partial charge in [-0.15, -0.1) is 0 Å². The lowest BCUT2D eigenvalue weighted by atomic mass is 10.1. The van der Waals surface area contributed by atoms with Crippen LogP contribution >= 0.6 is 34.8 Å². The number of amides is 2. The van der Waals surface area contributed by atoms with Crippen LogP contribution in [0.3, 0.4) is 0 Å². The molecule has 0 aromatic heterocycles. The zero-order chi connectivity index (χ0) is 26.7. The molecule has 0 heterocycles. The Morgan fingerprint density at radius 3 is 2.11 bits per heavy atom. The standard InChI is InChI=1S/C23H27Cl3FN3O4S/c1-14(22(32)28-23(2,3)4)29(12-16-17(24)7-6-8-18(16)25)21(31)13-30(35(5,33)34)15-9-10-20(27)19(26)11-15/h6-11,14H,12-13H2,1-5H3,(H,28,32). The minimum atomic E-state index is -3.99. The molecular formula is C23H27Cl3FN3O4S. The lowest BCUT2D eigenvalue weighted by molar-refractivity contribution is -0.140. The van der Waals surface area contributed by atoms with Gasteiger partial charge in [0.1, 0.15) is 18.4 Å². The van der Waals surface area contributed by atoms with E-state index in [1.807, 2.05) is 0 Å². The van der Waals surface area contributed by atoms with Crippen LogP contribution in [0.25, 0.3) is 0 Å². The molecule has 2 amide bonds. The fraction of sp³-hybridized carbons (Fsp3) is 0.391. The minimum absolute atomic E-state index is 0.00484. The maximum Gasteiger partial charge on any atom is 0.244 e. The van der Waals surface area contributed by atoms with Gasteiger partial charge in [0.2, 0.25) is 21.8 Å². The van der Waals surface area contributed by atoms with Crippen LogP contribution in [0, 0.1) is 5.82 Å². The van der Waals surface area contributed by atoms with E-state index in [-0.39, 0.29) is 27.3 Å². The number of anilines is 1. The van der Waals surface area contributed by atoms with Crippen molar-refractivity contribution in [1.29, 1.82) is 0 Å². The molecule has 1 unspecified atom stereocenters. The van der Waals surface area contributed by atoms with E-state index < -0.39 is 45.8 Å². The predicted octanol–water partition coefficient (Wildman–Crippen LogP) is 4.88. The Kier molecular flexibility index (Phi) is 9.44. The third-order valence-corrected chi connectivity index (χ3v) is 7.06. The highest BCUT2D eigenvalue weighted by Crippen LogP contribution is 2.28. The van der Waals surface area contributed by atoms with E-state index in [1.165, 1.54) is 17.9 Å². The molecule has 12 heteroatoms. The topological polar surface area (TPSA) is 86.8 Å². The molecule has 7 nitrogen and oxygen atoms in total. The molecule has 0 bridgehead atoms. The van der Waals surface area contributed by atoms with Crippen molar-refractivity contribution in [3.8, 4) is 0 Å². The molecule has 0 saturated carbocycles. The van der Waals surface area contributed by atoms with Crippen molar-refractivity contribution in [2.24, 2.45) is 0 Å². The van der Waals surface area contributed by atoms with Crippen LogP contribution in [0.5, 0.6) is 0 Å². The molecule has 192 valence electrons. The molecule has 2 aromatic rings. The molecule has 2 aromatic carbocycles. The van der Waals surface area contributed by atoms with Crippen LogP contribution in [0.15, 0.2) is 36.4 Å². The quantitative estimate of drug-likeness (QED) is 0.493. The first-order valence-electron chi connectivity index (χ1n) is 10.5. The number of carbonyl (C=O) groups is 2. The van der Waals surface area contributed by atoms with Crippen molar-refractivity contribution in [2.45, 2.75) is 45.8 Å². The number of sulfonamides is 1. The van der Waals surface area contributed by atoms with E-state index in [4.69, 9.17) is 34.8 Å². The summed E-state index contributed by atoms with van der Waals surface area (Å²) in [5.41, 5.74) is -0.184. The number of hydrogen-bond acceptors (Lipinski definition) is 4. The number of rotatable bonds is 8. The average molecular weight is 567 g/mol. The molecule has 0 saturated heterocycles. The number of halogens is 4. The second kappa shape index (κ2) is 11.3. The summed E-state index contributed by atoms with van der Waals surface area (Å²) in [6.45, 7) is 6.06. The summed E-state index contributed by atoms with van der Waals surface area (Å²) in [5.74, 6) is -1.90. The van der Waals surface area contributed by atoms with Crippen molar-refractivity contribution >= 4 is 62.3 Å². The average Bonchev–Trinajstić information content (AvgIpc) is 2.71. The molecular weight excluding hydrogens is 540 g/mol. The normalized spacial score (nSPS) is 12.7. The van der Waals surface area contributed by atoms with Crippen LogP contribution in [0.4, 0.5) is 10.1 Å². The van der Waals surface area contributed by atoms with Crippen molar-refractivity contribution in [2.75, 3.05) is 17.1 Å². The summed E-state index contributed by atoms with van der Waals surface area (Å²) in [5, 5.41) is 3.07. The van der Waals surface area contributed by atoms with Gasteiger partial charge < -0.3 is 10.2 Å². The smallest absolute Gasteiger partial charge is 0.244 e. The number of nitrogens with zero attached hydrogens (tertiary/aromatic N) is 2. The molecule has 0 aliphatic rings. The number of carbonyl (C=O) groups excluding carboxylic acids is 2. The number of benzene rings is 2. The molecule has 0 aliphatic heterocycles. The van der Waals surface area contributed by atoms with Crippen molar-refractivity contribution < 1.29 is 22.4 Å². The van der Waals surface area contributed by atoms with Gasteiger partial charge in [0.05, 0.1) is 17.0 Å². The van der Waals surface area contributed by atoms with Crippen LogP contribution in [-0.2, 0) is 26.2 Å². The van der Waals surface area contributed by atoms with E-state index in [0.717, 1.165) is 22.7 Å². The summed E-state index contributed by atoms with van der Waals surface area (Å²) in [6.07, 6.45) is 0.905. The summed E-state index contributed by atoms with van der Waals surface area (Å²) >= 11 is 18.4. The van der Waals surface area contributed by atoms with Gasteiger partial charge in [0, 0.05) is 27.7 Å². The fourth-order valence-electron chi connectivity index (χ4n) is 3.16. The van der Waals surface area contributed by atoms with Gasteiger partial charge >= 0.3 is 0 Å². The zero-order valence-corrected chi connectivity index (χ0v) is 23.0. The van der Waals surface area contributed by atoms with E-state index in [9.17, 15) is 22.4 Å². The lowest BCUT2D eigenvalue weighted by Gasteiger charge is -2.33. The van der Waals surface area contributed by atoms with Gasteiger partial charge in [-0.25, -0.2) is 12.8 Å². The third kappa shape index (κ3) is 7.96. The highest BCUT2D eigenvalue weighted by Gasteiger charge is 2.32. The zero-order valence-electron chi connectivity index (χ0n) is 19.9. The van der Waals surface area contributed by atoms with E-state index in [0.29, 0.717) is 5.56 Å². The Hall–Kier alpha value is -2.07. The largest absolute Gasteiger partial charge is 0.350 e. The van der Waals surface area contributed by atoms with E-state index in [1.54, 1.807) is 39.0 Å². The van der Waals surface area contributed by atoms with Crippen LogP contribution < -0.4 is 9.62 Å². The predicted molar refractivity (Wildman–Crippen MR) is 138 cm³/mol. The summed E-state index contributed by atoms with van der Waals surface area (Å²) in [4.78, 5) is 27.6. The Balaban J connectivity index is 2.49. The summed E-state index contributed by atoms with van der Waals surface area (Å²) in [7, 11) is -3.99. The van der Waals surface area contributed by atoms with Crippen molar-refractivity contribution in [3.63, 3.8) is 0 Å². The van der Waals surface area contributed by atoms with Crippen LogP contribution in [0.1, 0.15) is 33.3 Å². The summed E-state index contributed by atoms with van der Waals surface area (Å²) in [6, 6.07) is 7.12. The SMILES string of the molecule is CC(C(=O)NC(C)(C)C)N(Cc1c(Cl)cccc1Cl)C(=O)CN(c1ccc(F)c(Cl)c1)S(C)(=O)=O. The van der Waals surface area contributed by atoms with Crippen LogP contribution in [0.2, 0.25) is 15.1 Å². The second-order valence-corrected chi connectivity index (χ2v) is 12.1. The molecule has 2 rings (SSSR count). The molecule has 0 aliphatic carbocycles. The van der Waals surface area contributed by atoms with Crippen molar-refractivity contribution in [1.82, 2.24) is 10.2 Å². The van der Waals surface area contributed by atoms with Gasteiger partial charge in [0.15, 0.2) is 0 Å². The second-order valence-electron chi connectivity index (χ2n) is 9.01. The highest BCUT2D eigenvalue weighted by molar-refractivity contribution is 7.92. The number of hydrogen-bond donors (Lipinski definition) is 1. The molecule has 0 fully saturated rings. The van der Waals surface area contributed by atoms with Gasteiger partial charge in [-0.2, -0.15) is 0 Å². The highest BCUT2D eigenvalue weighted by atomic mass is 35.5. The number of nitrogens with one attached hydrogen (secondary N) is 1. The molecule has 1 atom stereocenters. The molecule has 0 spiro atoms. The fourth-order valence-corrected chi connectivity index (χ4v) is 4.70. The molecule has 0 radical (unpaired) electrons. The van der Waals surface area contributed by atoms with Gasteiger partial charge in [-0.05, 0) is 58.0 Å².